The Hall–Kier alpha value is 0.0200. The monoisotopic (exact) mass is 107 g/mol. The molecule has 0 aromatic rings. The van der Waals surface area contributed by atoms with Crippen molar-refractivity contribution < 1.29 is 4.57 Å². The molecule has 0 aromatic carbocycles. The third-order valence-corrected chi connectivity index (χ3v) is 1.18. The molecule has 0 rings (SSSR count). The lowest BCUT2D eigenvalue weighted by atomic mass is 11.3. The van der Waals surface area contributed by atoms with Gasteiger partial charge < -0.3 is 0 Å². The fourth-order valence-corrected chi connectivity index (χ4v) is 0. The fraction of sp³-hybridized carbons (Fsp3) is 1.00. The van der Waals surface area contributed by atoms with Crippen LogP contribution in [0.3, 0.4) is 0 Å². The molecule has 0 saturated heterocycles. The van der Waals surface area contributed by atoms with Crippen LogP contribution in [0.1, 0.15) is 0 Å². The number of hydrogen-bond donors (Lipinski definition) is 1. The zero-order valence-electron chi connectivity index (χ0n) is 3.88. The van der Waals surface area contributed by atoms with E-state index in [9.17, 15) is 4.57 Å². The van der Waals surface area contributed by atoms with Crippen LogP contribution in [-0.4, -0.2) is 18.8 Å². The van der Waals surface area contributed by atoms with E-state index in [4.69, 9.17) is 5.50 Å². The van der Waals surface area contributed by atoms with E-state index in [1.807, 2.05) is 0 Å². The van der Waals surface area contributed by atoms with Gasteiger partial charge in [-0.1, -0.05) is 4.67 Å². The van der Waals surface area contributed by atoms with Gasteiger partial charge in [-0.25, -0.2) is 0 Å². The predicted molar refractivity (Wildman–Crippen MR) is 25.5 cm³/mol. The third kappa shape index (κ3) is 2.27. The highest BCUT2D eigenvalue weighted by Gasteiger charge is 2.08. The molecule has 4 heteroatoms. The van der Waals surface area contributed by atoms with E-state index in [0.29, 0.717) is 0 Å². The highest BCUT2D eigenvalue weighted by molar-refractivity contribution is 7.39. The van der Waals surface area contributed by atoms with Crippen LogP contribution in [-0.2, 0) is 4.57 Å². The molecule has 1 unspecified atom stereocenters. The summed E-state index contributed by atoms with van der Waals surface area (Å²) in [7, 11) is 1.75. The number of rotatable bonds is 1. The van der Waals surface area contributed by atoms with Crippen molar-refractivity contribution in [2.24, 2.45) is 5.50 Å². The third-order valence-electron chi connectivity index (χ3n) is 0.394. The molecule has 0 amide bonds. The Kier molecular flexibility index (Phi) is 2.25. The smallest absolute Gasteiger partial charge is 0.104 e. The molecule has 0 heterocycles. The highest BCUT2D eigenvalue weighted by atomic mass is 31.1. The molecule has 0 aliphatic rings. The molecule has 0 saturated carbocycles. The molecule has 0 fully saturated rings. The minimum absolute atomic E-state index is 1.45. The molecule has 1 atom stereocenters. The van der Waals surface area contributed by atoms with Crippen molar-refractivity contribution in [1.82, 2.24) is 4.67 Å². The normalized spacial score (nSPS) is 12.3. The van der Waals surface area contributed by atoms with Crippen LogP contribution in [0.25, 0.3) is 0 Å². The van der Waals surface area contributed by atoms with Gasteiger partial charge in [-0.2, -0.15) is 0 Å². The zero-order valence-corrected chi connectivity index (χ0v) is 4.77. The van der Waals surface area contributed by atoms with Crippen LogP contribution < -0.4 is 5.50 Å². The summed E-state index contributed by atoms with van der Waals surface area (Å²) in [5, 5.41) is 0. The first-order valence-corrected chi connectivity index (χ1v) is 2.82. The van der Waals surface area contributed by atoms with E-state index in [1.165, 1.54) is 4.67 Å². The lowest BCUT2D eigenvalue weighted by Gasteiger charge is -1.83. The minimum Gasteiger partial charge on any atom is -0.104 e. The summed E-state index contributed by atoms with van der Waals surface area (Å²) >= 11 is 0. The lowest BCUT2D eigenvalue weighted by molar-refractivity contribution is 0.536. The number of hydrogen-bond acceptors (Lipinski definition) is 1. The molecule has 0 aliphatic carbocycles. The Morgan fingerprint density at radius 2 is 1.83 bits per heavy atom. The van der Waals surface area contributed by atoms with Gasteiger partial charge in [0.25, 0.3) is 0 Å². The van der Waals surface area contributed by atoms with Crippen molar-refractivity contribution in [3.8, 4) is 0 Å². The fourth-order valence-electron chi connectivity index (χ4n) is 0. The van der Waals surface area contributed by atoms with Crippen LogP contribution in [0.15, 0.2) is 0 Å². The Bertz CT molecular complexity index is 62.6. The number of nitrogens with two attached hydrogens (primary N) is 1. The van der Waals surface area contributed by atoms with E-state index in [-0.39, 0.29) is 0 Å². The summed E-state index contributed by atoms with van der Waals surface area (Å²) < 4.78 is 11.4. The summed E-state index contributed by atoms with van der Waals surface area (Å²) in [6.45, 7) is 0. The van der Waals surface area contributed by atoms with Crippen molar-refractivity contribution in [1.29, 1.82) is 0 Å². The highest BCUT2D eigenvalue weighted by Crippen LogP contribution is 2.08. The minimum atomic E-state index is -1.58. The summed E-state index contributed by atoms with van der Waals surface area (Å²) in [6, 6.07) is 0. The molecule has 0 aliphatic heterocycles. The van der Waals surface area contributed by atoms with Gasteiger partial charge >= 0.3 is 8.10 Å². The van der Waals surface area contributed by atoms with Gasteiger partial charge in [-0.3, -0.25) is 0 Å². The second-order valence-electron chi connectivity index (χ2n) is 1.15. The average molecular weight is 107 g/mol. The van der Waals surface area contributed by atoms with Crippen LogP contribution >= 0.6 is 8.10 Å². The van der Waals surface area contributed by atoms with Gasteiger partial charge in [0.1, 0.15) is 0 Å². The zero-order chi connectivity index (χ0) is 5.15. The Morgan fingerprint density at radius 1 is 1.67 bits per heavy atom. The lowest BCUT2D eigenvalue weighted by Crippen LogP contribution is -2.03. The molecule has 0 radical (unpaired) electrons. The van der Waals surface area contributed by atoms with E-state index in [2.05, 4.69) is 0 Å². The first-order valence-electron chi connectivity index (χ1n) is 1.54. The van der Waals surface area contributed by atoms with Gasteiger partial charge in [0, 0.05) is 14.1 Å². The Labute approximate surface area is 38.0 Å². The largest absolute Gasteiger partial charge is 0.531 e. The molecule has 36 valence electrons. The molecule has 6 heavy (non-hydrogen) atoms. The quantitative estimate of drug-likeness (QED) is 0.485. The standard InChI is InChI=1S/C2H8N2OP/c1-4(2)6(3)5/h1-2H3,(H2,3,5)/q+1. The molecule has 0 bridgehead atoms. The molecule has 2 N–H and O–H groups in total. The summed E-state index contributed by atoms with van der Waals surface area (Å²) in [5.74, 6) is 0. The van der Waals surface area contributed by atoms with Crippen LogP contribution in [0, 0.1) is 0 Å². The van der Waals surface area contributed by atoms with Crippen LogP contribution in [0.4, 0.5) is 0 Å². The SMILES string of the molecule is CN(C)[P+](N)=O. The van der Waals surface area contributed by atoms with Gasteiger partial charge in [-0.15, -0.1) is 5.50 Å². The van der Waals surface area contributed by atoms with Crippen molar-refractivity contribution in [2.75, 3.05) is 14.1 Å². The van der Waals surface area contributed by atoms with Crippen molar-refractivity contribution in [3.05, 3.63) is 0 Å². The Balaban J connectivity index is 3.26. The van der Waals surface area contributed by atoms with Crippen LogP contribution in [0.5, 0.6) is 0 Å². The van der Waals surface area contributed by atoms with Crippen molar-refractivity contribution in [2.45, 2.75) is 0 Å². The van der Waals surface area contributed by atoms with Crippen molar-refractivity contribution >= 4 is 8.10 Å². The van der Waals surface area contributed by atoms with Gasteiger partial charge in [0.2, 0.25) is 0 Å². The first-order chi connectivity index (χ1) is 2.64. The molecule has 0 spiro atoms. The molecule has 0 aromatic heterocycles. The maximum atomic E-state index is 10.00. The molecule has 3 nitrogen and oxygen atoms in total. The topological polar surface area (TPSA) is 46.3 Å². The van der Waals surface area contributed by atoms with Gasteiger partial charge in [0.15, 0.2) is 0 Å². The predicted octanol–water partition coefficient (Wildman–Crippen LogP) is 0.164. The second-order valence-corrected chi connectivity index (χ2v) is 2.55. The maximum absolute atomic E-state index is 10.00. The van der Waals surface area contributed by atoms with Gasteiger partial charge in [-0.05, 0) is 4.57 Å². The summed E-state index contributed by atoms with van der Waals surface area (Å²) in [6.07, 6.45) is 0. The van der Waals surface area contributed by atoms with E-state index >= 15 is 0 Å². The number of nitrogens with zero attached hydrogens (tertiary/aromatic N) is 1. The van der Waals surface area contributed by atoms with Crippen LogP contribution in [0.2, 0.25) is 0 Å². The summed E-state index contributed by atoms with van der Waals surface area (Å²) in [5.41, 5.74) is 4.87. The van der Waals surface area contributed by atoms with Crippen molar-refractivity contribution in [3.63, 3.8) is 0 Å². The molecular formula is C2H8N2OP+. The first kappa shape index (κ1) is 6.02. The maximum Gasteiger partial charge on any atom is 0.531 e. The van der Waals surface area contributed by atoms with Gasteiger partial charge in [0.05, 0.1) is 0 Å². The summed E-state index contributed by atoms with van der Waals surface area (Å²) in [4.78, 5) is 0. The van der Waals surface area contributed by atoms with E-state index in [0.717, 1.165) is 0 Å². The average Bonchev–Trinajstić information content (AvgIpc) is 1.36. The van der Waals surface area contributed by atoms with E-state index < -0.39 is 8.10 Å². The Morgan fingerprint density at radius 3 is 1.83 bits per heavy atom. The molecular weight excluding hydrogens is 99.0 g/mol. The van der Waals surface area contributed by atoms with E-state index in [1.54, 1.807) is 14.1 Å². The second kappa shape index (κ2) is 2.24.